The monoisotopic (exact) mass is 248 g/mol. The lowest BCUT2D eigenvalue weighted by Gasteiger charge is -2.17. The zero-order valence-electron chi connectivity index (χ0n) is 10.1. The fraction of sp³-hybridized carbons (Fsp3) is 0.182. The first-order valence-corrected chi connectivity index (χ1v) is 4.99. The maximum atomic E-state index is 13.7. The van der Waals surface area contributed by atoms with E-state index >= 15 is 0 Å². The van der Waals surface area contributed by atoms with Crippen LogP contribution in [-0.4, -0.2) is 26.3 Å². The van der Waals surface area contributed by atoms with Gasteiger partial charge in [0.05, 0.1) is 23.0 Å². The van der Waals surface area contributed by atoms with Gasteiger partial charge in [-0.15, -0.1) is 5.10 Å². The van der Waals surface area contributed by atoms with Gasteiger partial charge in [0.25, 0.3) is 0 Å². The van der Waals surface area contributed by atoms with Crippen LogP contribution < -0.4 is 16.4 Å². The van der Waals surface area contributed by atoms with Gasteiger partial charge in [-0.1, -0.05) is 0 Å². The molecule has 0 aliphatic carbocycles. The molecule has 94 valence electrons. The molecule has 0 aliphatic heterocycles. The van der Waals surface area contributed by atoms with Crippen molar-refractivity contribution in [2.45, 2.75) is 0 Å². The fourth-order valence-electron chi connectivity index (χ4n) is 1.43. The van der Waals surface area contributed by atoms with Crippen molar-refractivity contribution in [2.24, 2.45) is 21.7 Å². The maximum Gasteiger partial charge on any atom is 0.211 e. The highest BCUT2D eigenvalue weighted by Gasteiger charge is 2.13. The zero-order valence-corrected chi connectivity index (χ0v) is 10.1. The minimum absolute atomic E-state index is 0.157. The molecule has 0 atom stereocenters. The van der Waals surface area contributed by atoms with E-state index in [1.807, 2.05) is 6.07 Å². The van der Waals surface area contributed by atoms with Crippen molar-refractivity contribution in [3.05, 3.63) is 29.1 Å². The Balaban J connectivity index is 3.37. The number of rotatable bonds is 3. The molecule has 0 radical (unpaired) electrons. The van der Waals surface area contributed by atoms with Gasteiger partial charge in [0, 0.05) is 14.1 Å². The summed E-state index contributed by atoms with van der Waals surface area (Å²) in [5.41, 5.74) is 11.1. The Morgan fingerprint density at radius 1 is 1.44 bits per heavy atom. The Morgan fingerprint density at radius 2 is 2.11 bits per heavy atom. The summed E-state index contributed by atoms with van der Waals surface area (Å²) in [6.07, 6.45) is 1.17. The molecule has 6 nitrogen and oxygen atoms in total. The fourth-order valence-corrected chi connectivity index (χ4v) is 1.43. The molecule has 0 unspecified atom stereocenters. The molecule has 1 rings (SSSR count). The van der Waals surface area contributed by atoms with E-state index in [4.69, 9.17) is 16.7 Å². The van der Waals surface area contributed by atoms with E-state index in [1.54, 1.807) is 19.0 Å². The average Bonchev–Trinajstić information content (AvgIpc) is 2.30. The molecule has 0 aliphatic rings. The quantitative estimate of drug-likeness (QED) is 0.458. The van der Waals surface area contributed by atoms with Gasteiger partial charge in [-0.25, -0.2) is 4.39 Å². The van der Waals surface area contributed by atoms with Gasteiger partial charge in [-0.05, 0) is 12.1 Å². The van der Waals surface area contributed by atoms with E-state index in [1.165, 1.54) is 18.3 Å². The minimum atomic E-state index is -0.507. The largest absolute Gasteiger partial charge is 0.376 e. The summed E-state index contributed by atoms with van der Waals surface area (Å²) in [6, 6.07) is 4.59. The number of hydrogen-bond acceptors (Lipinski definition) is 4. The number of benzene rings is 1. The number of nitrogens with zero attached hydrogens (tertiary/aromatic N) is 4. The molecule has 7 heteroatoms. The van der Waals surface area contributed by atoms with Crippen LogP contribution in [0.5, 0.6) is 0 Å². The molecule has 0 saturated heterocycles. The summed E-state index contributed by atoms with van der Waals surface area (Å²) in [4.78, 5) is 1.62. The molecule has 18 heavy (non-hydrogen) atoms. The number of anilines is 1. The Morgan fingerprint density at radius 3 is 2.61 bits per heavy atom. The van der Waals surface area contributed by atoms with Crippen LogP contribution in [0.4, 0.5) is 10.1 Å². The Bertz CT molecular complexity index is 537. The number of hydrogen-bond donors (Lipinski definition) is 2. The van der Waals surface area contributed by atoms with E-state index < -0.39 is 5.82 Å². The molecular formula is C11H13FN6. The number of guanidine groups is 1. The molecule has 0 heterocycles. The van der Waals surface area contributed by atoms with Crippen LogP contribution >= 0.6 is 0 Å². The molecule has 1 aromatic carbocycles. The Hall–Kier alpha value is -2.62. The molecule has 1 aromatic rings. The van der Waals surface area contributed by atoms with Crippen LogP contribution in [0.25, 0.3) is 0 Å². The summed E-state index contributed by atoms with van der Waals surface area (Å²) >= 11 is 0. The third-order valence-corrected chi connectivity index (χ3v) is 2.09. The van der Waals surface area contributed by atoms with E-state index in [-0.39, 0.29) is 11.5 Å². The molecule has 0 bridgehead atoms. The van der Waals surface area contributed by atoms with E-state index in [9.17, 15) is 4.39 Å². The molecule has 0 amide bonds. The van der Waals surface area contributed by atoms with Gasteiger partial charge >= 0.3 is 0 Å². The lowest BCUT2D eigenvalue weighted by atomic mass is 10.1. The van der Waals surface area contributed by atoms with E-state index in [0.29, 0.717) is 11.3 Å². The van der Waals surface area contributed by atoms with Gasteiger partial charge in [-0.3, -0.25) is 0 Å². The predicted octanol–water partition coefficient (Wildman–Crippen LogP) is 0.371. The second-order valence-corrected chi connectivity index (χ2v) is 3.63. The van der Waals surface area contributed by atoms with Crippen molar-refractivity contribution in [2.75, 3.05) is 19.0 Å². The van der Waals surface area contributed by atoms with Crippen molar-refractivity contribution < 1.29 is 4.39 Å². The normalized spacial score (nSPS) is 10.1. The van der Waals surface area contributed by atoms with Crippen LogP contribution in [0.1, 0.15) is 11.1 Å². The van der Waals surface area contributed by atoms with Crippen molar-refractivity contribution in [3.8, 4) is 6.07 Å². The summed E-state index contributed by atoms with van der Waals surface area (Å²) in [6.45, 7) is 0. The molecule has 4 N–H and O–H groups in total. The second-order valence-electron chi connectivity index (χ2n) is 3.63. The van der Waals surface area contributed by atoms with Crippen LogP contribution in [0.2, 0.25) is 0 Å². The van der Waals surface area contributed by atoms with Crippen molar-refractivity contribution >= 4 is 17.9 Å². The molecule has 0 aromatic heterocycles. The Kier molecular flexibility index (Phi) is 4.21. The predicted molar refractivity (Wildman–Crippen MR) is 68.8 cm³/mol. The second kappa shape index (κ2) is 5.63. The summed E-state index contributed by atoms with van der Waals surface area (Å²) in [5, 5.41) is 15.9. The highest BCUT2D eigenvalue weighted by Crippen LogP contribution is 2.24. The Labute approximate surface area is 104 Å². The lowest BCUT2D eigenvalue weighted by molar-refractivity contribution is 0.625. The maximum absolute atomic E-state index is 13.7. The first kappa shape index (κ1) is 13.4. The third-order valence-electron chi connectivity index (χ3n) is 2.09. The molecule has 0 saturated carbocycles. The SMILES string of the molecule is CN(C)c1c(C#N)ccc(F)c1C=NN=C(N)N. The minimum Gasteiger partial charge on any atom is -0.376 e. The number of halogens is 1. The van der Waals surface area contributed by atoms with Crippen molar-refractivity contribution in [1.82, 2.24) is 0 Å². The average molecular weight is 248 g/mol. The summed E-state index contributed by atoms with van der Waals surface area (Å²) < 4.78 is 13.7. The molecule has 0 spiro atoms. The summed E-state index contributed by atoms with van der Waals surface area (Å²) in [5.74, 6) is -0.734. The third kappa shape index (κ3) is 2.95. The van der Waals surface area contributed by atoms with E-state index in [0.717, 1.165) is 0 Å². The van der Waals surface area contributed by atoms with Crippen LogP contribution in [-0.2, 0) is 0 Å². The topological polar surface area (TPSA) is 104 Å². The smallest absolute Gasteiger partial charge is 0.211 e. The van der Waals surface area contributed by atoms with Gasteiger partial charge < -0.3 is 16.4 Å². The van der Waals surface area contributed by atoms with Crippen LogP contribution in [0, 0.1) is 17.1 Å². The number of nitriles is 1. The first-order valence-electron chi connectivity index (χ1n) is 4.99. The first-order chi connectivity index (χ1) is 8.47. The zero-order chi connectivity index (χ0) is 13.7. The summed E-state index contributed by atoms with van der Waals surface area (Å²) in [7, 11) is 3.40. The van der Waals surface area contributed by atoms with Crippen molar-refractivity contribution in [1.29, 1.82) is 5.26 Å². The highest BCUT2D eigenvalue weighted by molar-refractivity contribution is 5.91. The van der Waals surface area contributed by atoms with Crippen LogP contribution in [0.15, 0.2) is 22.3 Å². The van der Waals surface area contributed by atoms with Crippen LogP contribution in [0.3, 0.4) is 0 Å². The number of nitrogens with two attached hydrogens (primary N) is 2. The van der Waals surface area contributed by atoms with Gasteiger partial charge in [0.2, 0.25) is 5.96 Å². The molecule has 0 fully saturated rings. The van der Waals surface area contributed by atoms with Gasteiger partial charge in [0.1, 0.15) is 11.9 Å². The standard InChI is InChI=1S/C11H13FN6/c1-18(2)10-7(5-13)3-4-9(12)8(10)6-16-17-11(14)15/h3-4,6H,1-2H3,(H4,14,15,17). The lowest BCUT2D eigenvalue weighted by Crippen LogP contribution is -2.21. The van der Waals surface area contributed by atoms with Gasteiger partial charge in [0.15, 0.2) is 0 Å². The highest BCUT2D eigenvalue weighted by atomic mass is 19.1. The van der Waals surface area contributed by atoms with Gasteiger partial charge in [-0.2, -0.15) is 10.4 Å². The molecular weight excluding hydrogens is 235 g/mol. The van der Waals surface area contributed by atoms with E-state index in [2.05, 4.69) is 10.2 Å². The van der Waals surface area contributed by atoms with Crippen molar-refractivity contribution in [3.63, 3.8) is 0 Å².